The van der Waals surface area contributed by atoms with Crippen molar-refractivity contribution in [2.24, 2.45) is 35.5 Å². The molecule has 1 aliphatic carbocycles. The molecule has 17 nitrogen and oxygen atoms in total. The lowest BCUT2D eigenvalue weighted by Gasteiger charge is -2.42. The highest BCUT2D eigenvalue weighted by atomic mass is 33.1. The molecule has 0 unspecified atom stereocenters. The third kappa shape index (κ3) is 18.4. The van der Waals surface area contributed by atoms with Crippen molar-refractivity contribution in [3.63, 3.8) is 0 Å². The van der Waals surface area contributed by atoms with E-state index in [2.05, 4.69) is 4.98 Å². The number of hydrogen-bond donors (Lipinski definition) is 2. The van der Waals surface area contributed by atoms with Crippen LogP contribution in [0.4, 0.5) is 4.79 Å². The molecule has 78 heavy (non-hydrogen) atoms. The molecule has 15 atom stereocenters. The molecule has 4 heterocycles. The van der Waals surface area contributed by atoms with Gasteiger partial charge in [-0.05, 0) is 130 Å². The van der Waals surface area contributed by atoms with Crippen LogP contribution in [0.3, 0.4) is 0 Å². The summed E-state index contributed by atoms with van der Waals surface area (Å²) >= 11 is 0. The molecular weight excluding hydrogens is 1040 g/mol. The number of piperidine rings is 1. The Labute approximate surface area is 469 Å². The summed E-state index contributed by atoms with van der Waals surface area (Å²) in [7, 11) is 7.37. The quantitative estimate of drug-likeness (QED) is 0.0654. The van der Waals surface area contributed by atoms with Gasteiger partial charge < -0.3 is 48.3 Å². The molecule has 3 aliphatic heterocycles. The topological polar surface area (TPSA) is 224 Å². The van der Waals surface area contributed by atoms with Gasteiger partial charge in [-0.3, -0.25) is 19.2 Å². The van der Waals surface area contributed by atoms with Gasteiger partial charge in [0.25, 0.3) is 11.7 Å². The number of fused-ring (bicyclic) bond motifs is 3. The molecule has 0 aromatic carbocycles. The molecule has 434 valence electrons. The summed E-state index contributed by atoms with van der Waals surface area (Å²) in [6.45, 7) is 12.6. The normalized spacial score (nSPS) is 34.4. The molecule has 19 heteroatoms. The third-order valence-corrected chi connectivity index (χ3v) is 18.1. The highest BCUT2D eigenvalue weighted by molar-refractivity contribution is 8.76. The zero-order chi connectivity index (χ0) is 57.1. The Bertz CT molecular complexity index is 2280. The van der Waals surface area contributed by atoms with Crippen LogP contribution in [0, 0.1) is 35.5 Å². The van der Waals surface area contributed by atoms with Gasteiger partial charge in [-0.1, -0.05) is 87.9 Å². The fourth-order valence-electron chi connectivity index (χ4n) is 11.1. The van der Waals surface area contributed by atoms with E-state index >= 15 is 0 Å². The van der Waals surface area contributed by atoms with Gasteiger partial charge in [0.1, 0.15) is 29.6 Å². The van der Waals surface area contributed by atoms with Crippen LogP contribution in [0.5, 0.6) is 0 Å². The predicted octanol–water partition coefficient (Wildman–Crippen LogP) is 9.18. The second-order valence-corrected chi connectivity index (χ2v) is 24.3. The number of aliphatic hydroxyl groups excluding tert-OH is 1. The number of methoxy groups -OCH3 is 3. The molecule has 1 aromatic heterocycles. The largest absolute Gasteiger partial charge is 0.509 e. The van der Waals surface area contributed by atoms with Crippen LogP contribution in [-0.4, -0.2) is 150 Å². The summed E-state index contributed by atoms with van der Waals surface area (Å²) in [6, 6.07) is 4.39. The number of pyridine rings is 1. The number of ether oxygens (including phenoxy) is 7. The van der Waals surface area contributed by atoms with Crippen molar-refractivity contribution in [2.45, 2.75) is 185 Å². The van der Waals surface area contributed by atoms with Crippen LogP contribution in [0.15, 0.2) is 77.0 Å². The molecule has 2 bridgehead atoms. The number of nitrogens with zero attached hydrogens (tertiary/aromatic N) is 2. The predicted molar refractivity (Wildman–Crippen MR) is 298 cm³/mol. The summed E-state index contributed by atoms with van der Waals surface area (Å²) in [5, 5.41) is 23.4. The van der Waals surface area contributed by atoms with E-state index in [-0.39, 0.29) is 55.5 Å². The molecule has 0 radical (unpaired) electrons. The standard InChI is InChI=1S/C59H86N2O15S2/c1-36-18-12-11-13-19-37(2)48(70-8)34-44-24-22-42(7)59(69,76-44)55(65)56(66)61-27-17-15-20-45(61)57(67)74-49(39(4)32-43-23-25-46(62)50(33-43)71-9)35-47(63)38(3)31-41(6)53(54(72-10)52(64)40(5)30-36)75-58(68)73-28-29-77-78-51-21-14-16-26-60-51/h11-14,16,18-19,21,26,31,36,38-40,42-46,48-50,53-54,62,69H,15,17,20,22-25,27-30,32-35H2,1-10H3/b13-11?,18-12+,37-19?,41-31+/t36-,38-,39-,40-,42-,43+,44+,45+,46-,48+,49+,50-,53-,54+,59-/m1/s1. The maximum atomic E-state index is 14.6. The van der Waals surface area contributed by atoms with Crippen LogP contribution in [-0.2, 0) is 57.1 Å². The Kier molecular flexibility index (Phi) is 26.3. The summed E-state index contributed by atoms with van der Waals surface area (Å²) in [4.78, 5) is 91.3. The second kappa shape index (κ2) is 31.7. The Hall–Kier alpha value is -4.21. The Morgan fingerprint density at radius 3 is 2.37 bits per heavy atom. The summed E-state index contributed by atoms with van der Waals surface area (Å²) in [5.74, 6) is -8.19. The number of carbonyl (C=O) groups excluding carboxylic acids is 6. The van der Waals surface area contributed by atoms with Gasteiger partial charge in [0, 0.05) is 70.4 Å². The first kappa shape index (κ1) is 64.6. The zero-order valence-electron chi connectivity index (χ0n) is 47.4. The smallest absolute Gasteiger partial charge is 0.460 e. The van der Waals surface area contributed by atoms with Crippen LogP contribution >= 0.6 is 21.6 Å². The lowest BCUT2D eigenvalue weighted by molar-refractivity contribution is -0.265. The van der Waals surface area contributed by atoms with Gasteiger partial charge in [-0.25, -0.2) is 14.6 Å². The van der Waals surface area contributed by atoms with Crippen LogP contribution in [0.1, 0.15) is 126 Å². The number of esters is 1. The number of amides is 1. The molecule has 1 amide bonds. The Balaban J connectivity index is 1.49. The van der Waals surface area contributed by atoms with Crippen molar-refractivity contribution in [1.29, 1.82) is 0 Å². The van der Waals surface area contributed by atoms with Crippen molar-refractivity contribution in [3.8, 4) is 0 Å². The number of Topliss-reactive ketones (excluding diaryl/α,β-unsaturated/α-hetero) is 3. The molecule has 0 spiro atoms. The minimum atomic E-state index is -2.46. The van der Waals surface area contributed by atoms with Crippen molar-refractivity contribution in [2.75, 3.05) is 40.2 Å². The van der Waals surface area contributed by atoms with Gasteiger partial charge in [0.05, 0.1) is 24.4 Å². The number of aliphatic hydroxyl groups is 2. The maximum Gasteiger partial charge on any atom is 0.509 e. The number of hydrogen-bond acceptors (Lipinski definition) is 18. The van der Waals surface area contributed by atoms with E-state index in [9.17, 15) is 39.0 Å². The average molecular weight is 1130 g/mol. The van der Waals surface area contributed by atoms with Gasteiger partial charge in [0.15, 0.2) is 18.0 Å². The number of allylic oxidation sites excluding steroid dienone is 6. The second-order valence-electron chi connectivity index (χ2n) is 21.9. The highest BCUT2D eigenvalue weighted by Crippen LogP contribution is 2.38. The monoisotopic (exact) mass is 1130 g/mol. The van der Waals surface area contributed by atoms with E-state index in [0.717, 1.165) is 10.6 Å². The van der Waals surface area contributed by atoms with E-state index in [0.29, 0.717) is 75.5 Å². The molecule has 2 N–H and O–H groups in total. The number of rotatable bonds is 12. The first-order chi connectivity index (χ1) is 37.2. The van der Waals surface area contributed by atoms with Crippen LogP contribution < -0.4 is 0 Å². The van der Waals surface area contributed by atoms with Gasteiger partial charge >= 0.3 is 12.1 Å². The molecule has 2 saturated heterocycles. The van der Waals surface area contributed by atoms with E-state index < -0.39 is 95.9 Å². The maximum absolute atomic E-state index is 14.6. The molecule has 3 fully saturated rings. The average Bonchev–Trinajstić information content (AvgIpc) is 3.43. The van der Waals surface area contributed by atoms with Gasteiger partial charge in [-0.15, -0.1) is 0 Å². The number of carbonyl (C=O) groups is 6. The van der Waals surface area contributed by atoms with Gasteiger partial charge in [-0.2, -0.15) is 0 Å². The van der Waals surface area contributed by atoms with Crippen LogP contribution in [0.2, 0.25) is 0 Å². The first-order valence-electron chi connectivity index (χ1n) is 27.7. The fraction of sp³-hybridized carbons (Fsp3) is 0.678. The molecule has 4 aliphatic rings. The lowest BCUT2D eigenvalue weighted by Crippen LogP contribution is -2.61. The number of aromatic nitrogens is 1. The first-order valence-corrected chi connectivity index (χ1v) is 30.1. The Morgan fingerprint density at radius 1 is 0.897 bits per heavy atom. The molecule has 1 saturated carbocycles. The van der Waals surface area contributed by atoms with Crippen molar-refractivity contribution in [1.82, 2.24) is 9.88 Å². The Morgan fingerprint density at radius 2 is 1.67 bits per heavy atom. The number of cyclic esters (lactones) is 1. The minimum Gasteiger partial charge on any atom is -0.460 e. The summed E-state index contributed by atoms with van der Waals surface area (Å²) in [5.41, 5.74) is 1.22. The van der Waals surface area contributed by atoms with E-state index in [1.807, 2.05) is 69.4 Å². The van der Waals surface area contributed by atoms with Crippen molar-refractivity contribution >= 4 is 57.0 Å². The summed E-state index contributed by atoms with van der Waals surface area (Å²) in [6.07, 6.45) is 11.1. The zero-order valence-corrected chi connectivity index (χ0v) is 49.0. The number of ketones is 3. The third-order valence-electron chi connectivity index (χ3n) is 15.8. The van der Waals surface area contributed by atoms with Crippen molar-refractivity contribution in [3.05, 3.63) is 72.0 Å². The minimum absolute atomic E-state index is 0.00155. The van der Waals surface area contributed by atoms with Crippen molar-refractivity contribution < 1.29 is 72.1 Å². The van der Waals surface area contributed by atoms with Gasteiger partial charge in [0.2, 0.25) is 5.79 Å². The SMILES string of the molecule is CO[C@H]1C[C@@H]2CC[C@@H](C)[C@@](O)(O2)C(=O)C(=O)N2CCCC[C@H]2C(=O)O[C@H]([C@H](C)C[C@@H]2CC[C@@H](O)[C@H](OC)C2)CC(=O)[C@H](C)/C=C(\C)[C@@H](OC(=O)OCCSSc2ccccn2)[C@@H](OC)C(=O)[C@H](C)C[C@H](C)/C=C/C=CC=C1C. The summed E-state index contributed by atoms with van der Waals surface area (Å²) < 4.78 is 41.3. The highest BCUT2D eigenvalue weighted by Gasteiger charge is 2.53. The lowest BCUT2D eigenvalue weighted by atomic mass is 9.78. The molecule has 5 rings (SSSR count). The van der Waals surface area contributed by atoms with E-state index in [1.54, 1.807) is 54.2 Å². The van der Waals surface area contributed by atoms with E-state index in [4.69, 9.17) is 33.2 Å². The molecular formula is C59H86N2O15S2. The fourth-order valence-corrected chi connectivity index (χ4v) is 12.8. The molecule has 1 aromatic rings. The van der Waals surface area contributed by atoms with E-state index in [1.165, 1.54) is 33.6 Å². The van der Waals surface area contributed by atoms with Crippen LogP contribution in [0.25, 0.3) is 0 Å².